The zero-order valence-electron chi connectivity index (χ0n) is 10.1. The fourth-order valence-electron chi connectivity index (χ4n) is 2.62. The van der Waals surface area contributed by atoms with Gasteiger partial charge in [0.25, 0.3) is 0 Å². The molecule has 2 rings (SSSR count). The summed E-state index contributed by atoms with van der Waals surface area (Å²) < 4.78 is 5.14. The summed E-state index contributed by atoms with van der Waals surface area (Å²) in [5.74, 6) is 5.70. The van der Waals surface area contributed by atoms with Gasteiger partial charge in [-0.2, -0.15) is 0 Å². The van der Waals surface area contributed by atoms with E-state index < -0.39 is 0 Å². The molecule has 1 saturated heterocycles. The molecule has 2 heterocycles. The minimum absolute atomic E-state index is 0.00905. The molecule has 0 radical (unpaired) electrons. The molecule has 1 aliphatic heterocycles. The van der Waals surface area contributed by atoms with E-state index in [2.05, 4.69) is 24.2 Å². The average Bonchev–Trinajstić information content (AvgIpc) is 2.91. The molecule has 1 fully saturated rings. The highest BCUT2D eigenvalue weighted by molar-refractivity contribution is 5.17. The summed E-state index contributed by atoms with van der Waals surface area (Å²) in [6.07, 6.45) is 6.03. The fourth-order valence-corrected chi connectivity index (χ4v) is 2.62. The Kier molecular flexibility index (Phi) is 3.33. The van der Waals surface area contributed by atoms with Gasteiger partial charge in [0, 0.05) is 11.1 Å². The number of nitrogens with two attached hydrogens (primary N) is 1. The zero-order chi connectivity index (χ0) is 11.6. The number of furan rings is 1. The molecule has 0 saturated carbocycles. The minimum Gasteiger partial charge on any atom is -0.472 e. The lowest BCUT2D eigenvalue weighted by Gasteiger charge is -2.41. The minimum atomic E-state index is 0.00905. The van der Waals surface area contributed by atoms with Crippen molar-refractivity contribution in [2.45, 2.75) is 38.3 Å². The predicted molar refractivity (Wildman–Crippen MR) is 63.7 cm³/mol. The van der Waals surface area contributed by atoms with Crippen molar-refractivity contribution in [1.82, 2.24) is 10.3 Å². The molecule has 0 aliphatic carbocycles. The van der Waals surface area contributed by atoms with E-state index in [4.69, 9.17) is 10.3 Å². The molecular formula is C12H21N3O. The number of likely N-dealkylation sites (tertiary alicyclic amines) is 1. The highest BCUT2D eigenvalue weighted by Crippen LogP contribution is 2.33. The van der Waals surface area contributed by atoms with Crippen LogP contribution in [0.2, 0.25) is 0 Å². The van der Waals surface area contributed by atoms with Gasteiger partial charge >= 0.3 is 0 Å². The van der Waals surface area contributed by atoms with Crippen LogP contribution in [0.4, 0.5) is 0 Å². The van der Waals surface area contributed by atoms with Crippen molar-refractivity contribution >= 4 is 0 Å². The highest BCUT2D eigenvalue weighted by Gasteiger charge is 2.37. The van der Waals surface area contributed by atoms with E-state index in [9.17, 15) is 0 Å². The molecule has 0 bridgehead atoms. The maximum absolute atomic E-state index is 5.70. The Hall–Kier alpha value is -0.840. The Morgan fingerprint density at radius 1 is 1.44 bits per heavy atom. The summed E-state index contributed by atoms with van der Waals surface area (Å²) >= 11 is 0. The molecule has 4 nitrogen and oxygen atoms in total. The predicted octanol–water partition coefficient (Wildman–Crippen LogP) is 1.66. The first-order chi connectivity index (χ1) is 7.66. The van der Waals surface area contributed by atoms with E-state index in [1.807, 2.05) is 6.07 Å². The summed E-state index contributed by atoms with van der Waals surface area (Å²) in [7, 11) is 0. The van der Waals surface area contributed by atoms with Crippen molar-refractivity contribution in [3.05, 3.63) is 24.2 Å². The van der Waals surface area contributed by atoms with Gasteiger partial charge in [0.2, 0.25) is 0 Å². The molecule has 3 N–H and O–H groups in total. The van der Waals surface area contributed by atoms with Crippen molar-refractivity contribution in [2.75, 3.05) is 13.1 Å². The van der Waals surface area contributed by atoms with E-state index in [1.165, 1.54) is 12.8 Å². The van der Waals surface area contributed by atoms with Gasteiger partial charge in [-0.05, 0) is 45.8 Å². The Morgan fingerprint density at radius 2 is 2.12 bits per heavy atom. The zero-order valence-corrected chi connectivity index (χ0v) is 10.1. The van der Waals surface area contributed by atoms with Crippen molar-refractivity contribution < 1.29 is 4.42 Å². The summed E-state index contributed by atoms with van der Waals surface area (Å²) in [4.78, 5) is 2.49. The summed E-state index contributed by atoms with van der Waals surface area (Å²) in [6.45, 7) is 6.78. The van der Waals surface area contributed by atoms with Gasteiger partial charge in [-0.15, -0.1) is 0 Å². The summed E-state index contributed by atoms with van der Waals surface area (Å²) in [5.41, 5.74) is 4.04. The average molecular weight is 223 g/mol. The maximum atomic E-state index is 5.70. The molecule has 0 spiro atoms. The summed E-state index contributed by atoms with van der Waals surface area (Å²) in [6, 6.07) is 2.08. The first-order valence-electron chi connectivity index (χ1n) is 5.89. The van der Waals surface area contributed by atoms with Crippen molar-refractivity contribution in [2.24, 2.45) is 5.84 Å². The molecule has 1 aromatic rings. The quantitative estimate of drug-likeness (QED) is 0.602. The third kappa shape index (κ3) is 2.00. The number of hydrazine groups is 1. The maximum Gasteiger partial charge on any atom is 0.0951 e. The van der Waals surface area contributed by atoms with Gasteiger partial charge in [0.05, 0.1) is 18.6 Å². The van der Waals surface area contributed by atoms with Gasteiger partial charge in [-0.1, -0.05) is 0 Å². The van der Waals surface area contributed by atoms with Gasteiger partial charge in [-0.3, -0.25) is 16.2 Å². The first-order valence-corrected chi connectivity index (χ1v) is 5.89. The lowest BCUT2D eigenvalue weighted by Crippen LogP contribution is -2.53. The smallest absolute Gasteiger partial charge is 0.0951 e. The third-order valence-corrected chi connectivity index (χ3v) is 3.67. The van der Waals surface area contributed by atoms with Crippen LogP contribution >= 0.6 is 0 Å². The Balaban J connectivity index is 2.19. The lowest BCUT2D eigenvalue weighted by molar-refractivity contribution is 0.106. The van der Waals surface area contributed by atoms with Crippen LogP contribution in [0.1, 0.15) is 38.3 Å². The number of hydrogen-bond acceptors (Lipinski definition) is 4. The van der Waals surface area contributed by atoms with Gasteiger partial charge in [0.1, 0.15) is 0 Å². The number of nitrogens with one attached hydrogen (secondary N) is 1. The molecule has 4 heteroatoms. The normalized spacial score (nSPS) is 20.2. The van der Waals surface area contributed by atoms with Gasteiger partial charge in [-0.25, -0.2) is 0 Å². The lowest BCUT2D eigenvalue weighted by atomic mass is 9.89. The molecule has 16 heavy (non-hydrogen) atoms. The third-order valence-electron chi connectivity index (χ3n) is 3.67. The monoisotopic (exact) mass is 223 g/mol. The van der Waals surface area contributed by atoms with Gasteiger partial charge in [0.15, 0.2) is 0 Å². The fraction of sp³-hybridized carbons (Fsp3) is 0.667. The standard InChI is InChI=1S/C12H21N3O/c1-12(2,15-6-3-4-7-15)11(14-13)10-5-8-16-9-10/h5,8-9,11,14H,3-4,6-7,13H2,1-2H3. The Bertz CT molecular complexity index is 315. The number of rotatable bonds is 4. The Labute approximate surface area is 96.8 Å². The van der Waals surface area contributed by atoms with E-state index in [0.717, 1.165) is 18.7 Å². The van der Waals surface area contributed by atoms with Crippen LogP contribution in [0.5, 0.6) is 0 Å². The van der Waals surface area contributed by atoms with E-state index >= 15 is 0 Å². The molecular weight excluding hydrogens is 202 g/mol. The molecule has 0 amide bonds. The van der Waals surface area contributed by atoms with Crippen LogP contribution in [0.25, 0.3) is 0 Å². The molecule has 1 aliphatic rings. The van der Waals surface area contributed by atoms with Gasteiger partial charge < -0.3 is 4.42 Å². The van der Waals surface area contributed by atoms with Crippen molar-refractivity contribution in [1.29, 1.82) is 0 Å². The van der Waals surface area contributed by atoms with E-state index in [0.29, 0.717) is 0 Å². The number of hydrogen-bond donors (Lipinski definition) is 2. The topological polar surface area (TPSA) is 54.4 Å². The highest BCUT2D eigenvalue weighted by atomic mass is 16.3. The molecule has 0 aromatic carbocycles. The Morgan fingerprint density at radius 3 is 2.62 bits per heavy atom. The number of nitrogens with zero attached hydrogens (tertiary/aromatic N) is 1. The first kappa shape index (κ1) is 11.6. The van der Waals surface area contributed by atoms with Crippen molar-refractivity contribution in [3.8, 4) is 0 Å². The molecule has 1 aromatic heterocycles. The van der Waals surface area contributed by atoms with Crippen LogP contribution in [-0.2, 0) is 0 Å². The van der Waals surface area contributed by atoms with E-state index in [-0.39, 0.29) is 11.6 Å². The largest absolute Gasteiger partial charge is 0.472 e. The second-order valence-corrected chi connectivity index (χ2v) is 5.00. The van der Waals surface area contributed by atoms with Crippen LogP contribution in [-0.4, -0.2) is 23.5 Å². The van der Waals surface area contributed by atoms with Crippen LogP contribution in [0, 0.1) is 0 Å². The van der Waals surface area contributed by atoms with Crippen LogP contribution in [0.3, 0.4) is 0 Å². The van der Waals surface area contributed by atoms with Crippen LogP contribution in [0.15, 0.2) is 23.0 Å². The second kappa shape index (κ2) is 4.57. The SMILES string of the molecule is CC(C)(C(NN)c1ccoc1)N1CCCC1. The molecule has 90 valence electrons. The van der Waals surface area contributed by atoms with E-state index in [1.54, 1.807) is 12.5 Å². The molecule has 1 atom stereocenters. The van der Waals surface area contributed by atoms with Crippen molar-refractivity contribution in [3.63, 3.8) is 0 Å². The second-order valence-electron chi connectivity index (χ2n) is 5.00. The van der Waals surface area contributed by atoms with Crippen LogP contribution < -0.4 is 11.3 Å². The molecule has 1 unspecified atom stereocenters. The summed E-state index contributed by atoms with van der Waals surface area (Å²) in [5, 5.41) is 0.